The summed E-state index contributed by atoms with van der Waals surface area (Å²) < 4.78 is 1.61. The number of hydrogen-bond acceptors (Lipinski definition) is 2. The zero-order valence-corrected chi connectivity index (χ0v) is 10.2. The fourth-order valence-corrected chi connectivity index (χ4v) is 1.52. The van der Waals surface area contributed by atoms with Crippen molar-refractivity contribution in [3.05, 3.63) is 72.1 Å². The summed E-state index contributed by atoms with van der Waals surface area (Å²) >= 11 is 0. The summed E-state index contributed by atoms with van der Waals surface area (Å²) in [5.74, 6) is -0.0409. The molecule has 0 bridgehead atoms. The fraction of sp³-hybridized carbons (Fsp3) is 0.0667. The number of aromatic nitrogens is 2. The molecular weight excluding hydrogens is 224 g/mol. The normalized spacial score (nSPS) is 11.4. The van der Waals surface area contributed by atoms with Crippen LogP contribution in [0.3, 0.4) is 0 Å². The van der Waals surface area contributed by atoms with E-state index in [9.17, 15) is 4.79 Å². The molecule has 0 saturated carbocycles. The fourth-order valence-electron chi connectivity index (χ4n) is 1.52. The summed E-state index contributed by atoms with van der Waals surface area (Å²) in [6.45, 7) is 0. The van der Waals surface area contributed by atoms with E-state index in [0.717, 1.165) is 5.56 Å². The van der Waals surface area contributed by atoms with Crippen LogP contribution in [0.25, 0.3) is 6.08 Å². The quantitative estimate of drug-likeness (QED) is 0.466. The molecule has 0 fully saturated rings. The number of carbonyl (C=O) groups excluding carboxylic acids is 1. The van der Waals surface area contributed by atoms with E-state index in [1.165, 1.54) is 6.08 Å². The second-order valence-electron chi connectivity index (χ2n) is 3.90. The van der Waals surface area contributed by atoms with E-state index < -0.39 is 0 Å². The van der Waals surface area contributed by atoms with Gasteiger partial charge in [-0.1, -0.05) is 48.6 Å². The smallest absolute Gasteiger partial charge is 0.188 e. The van der Waals surface area contributed by atoms with Crippen molar-refractivity contribution in [2.75, 3.05) is 0 Å². The molecule has 0 radical (unpaired) electrons. The molecule has 0 N–H and O–H groups in total. The van der Waals surface area contributed by atoms with E-state index in [2.05, 4.69) is 5.10 Å². The highest BCUT2D eigenvalue weighted by Crippen LogP contribution is 2.02. The van der Waals surface area contributed by atoms with E-state index in [-0.39, 0.29) is 5.78 Å². The van der Waals surface area contributed by atoms with Crippen LogP contribution in [0.1, 0.15) is 15.9 Å². The Hall–Kier alpha value is -2.42. The van der Waals surface area contributed by atoms with Crippen LogP contribution in [-0.4, -0.2) is 15.6 Å². The third-order valence-electron chi connectivity index (χ3n) is 2.44. The molecule has 2 rings (SSSR count). The maximum absolute atomic E-state index is 11.7. The first-order valence-electron chi connectivity index (χ1n) is 5.68. The van der Waals surface area contributed by atoms with Gasteiger partial charge in [0.05, 0.1) is 11.8 Å². The molecule has 90 valence electrons. The summed E-state index contributed by atoms with van der Waals surface area (Å²) in [4.78, 5) is 11.7. The molecule has 1 aromatic heterocycles. The molecule has 0 unspecified atom stereocenters. The van der Waals surface area contributed by atoms with Gasteiger partial charge in [-0.15, -0.1) is 0 Å². The molecule has 0 spiro atoms. The van der Waals surface area contributed by atoms with Crippen molar-refractivity contribution in [2.24, 2.45) is 7.05 Å². The van der Waals surface area contributed by atoms with Crippen molar-refractivity contribution < 1.29 is 4.79 Å². The molecule has 2 aromatic rings. The first-order valence-corrected chi connectivity index (χ1v) is 5.68. The highest BCUT2D eigenvalue weighted by molar-refractivity contribution is 6.04. The van der Waals surface area contributed by atoms with Crippen molar-refractivity contribution in [1.82, 2.24) is 9.78 Å². The molecule has 18 heavy (non-hydrogen) atoms. The van der Waals surface area contributed by atoms with Gasteiger partial charge in [0.2, 0.25) is 0 Å². The Morgan fingerprint density at radius 2 is 2.00 bits per heavy atom. The Labute approximate surface area is 106 Å². The molecule has 1 heterocycles. The van der Waals surface area contributed by atoms with Crippen LogP contribution < -0.4 is 0 Å². The Morgan fingerprint density at radius 3 is 2.67 bits per heavy atom. The zero-order chi connectivity index (χ0) is 12.8. The number of allylic oxidation sites excluding steroid dienone is 3. The van der Waals surface area contributed by atoms with Gasteiger partial charge in [-0.3, -0.25) is 9.48 Å². The van der Waals surface area contributed by atoms with Crippen molar-refractivity contribution in [1.29, 1.82) is 0 Å². The maximum Gasteiger partial charge on any atom is 0.188 e. The first kappa shape index (κ1) is 12.0. The number of nitrogens with zero attached hydrogens (tertiary/aromatic N) is 2. The monoisotopic (exact) mass is 238 g/mol. The molecule has 3 nitrogen and oxygen atoms in total. The summed E-state index contributed by atoms with van der Waals surface area (Å²) in [5.41, 5.74) is 1.71. The minimum Gasteiger partial charge on any atom is -0.289 e. The minimum absolute atomic E-state index is 0.0409. The predicted molar refractivity (Wildman–Crippen MR) is 72.2 cm³/mol. The van der Waals surface area contributed by atoms with Gasteiger partial charge in [-0.05, 0) is 11.6 Å². The lowest BCUT2D eigenvalue weighted by atomic mass is 10.2. The van der Waals surface area contributed by atoms with Crippen molar-refractivity contribution in [2.45, 2.75) is 0 Å². The molecule has 0 aliphatic carbocycles. The minimum atomic E-state index is -0.0409. The number of ketones is 1. The first-order chi connectivity index (χ1) is 8.75. The number of aryl methyl sites for hydroxylation is 1. The van der Waals surface area contributed by atoms with Gasteiger partial charge in [0.1, 0.15) is 0 Å². The molecule has 0 saturated heterocycles. The molecule has 1 aromatic carbocycles. The van der Waals surface area contributed by atoms with Gasteiger partial charge >= 0.3 is 0 Å². The van der Waals surface area contributed by atoms with Crippen LogP contribution >= 0.6 is 0 Å². The third-order valence-corrected chi connectivity index (χ3v) is 2.44. The Kier molecular flexibility index (Phi) is 3.86. The topological polar surface area (TPSA) is 34.9 Å². The lowest BCUT2D eigenvalue weighted by molar-refractivity contribution is 0.104. The van der Waals surface area contributed by atoms with Gasteiger partial charge in [-0.25, -0.2) is 0 Å². The molecule has 3 heteroatoms. The van der Waals surface area contributed by atoms with Crippen LogP contribution in [0.4, 0.5) is 0 Å². The Morgan fingerprint density at radius 1 is 1.22 bits per heavy atom. The Balaban J connectivity index is 1.96. The van der Waals surface area contributed by atoms with Gasteiger partial charge in [0, 0.05) is 13.2 Å². The lowest BCUT2D eigenvalue weighted by Gasteiger charge is -1.89. The van der Waals surface area contributed by atoms with Crippen LogP contribution in [0.2, 0.25) is 0 Å². The van der Waals surface area contributed by atoms with E-state index in [4.69, 9.17) is 0 Å². The van der Waals surface area contributed by atoms with Crippen LogP contribution in [0.5, 0.6) is 0 Å². The highest BCUT2D eigenvalue weighted by Gasteiger charge is 2.02. The molecular formula is C15H14N2O. The van der Waals surface area contributed by atoms with E-state index in [1.807, 2.05) is 42.5 Å². The summed E-state index contributed by atoms with van der Waals surface area (Å²) in [7, 11) is 1.79. The van der Waals surface area contributed by atoms with Gasteiger partial charge in [0.25, 0.3) is 0 Å². The number of carbonyl (C=O) groups is 1. The molecule has 0 aliphatic heterocycles. The average molecular weight is 238 g/mol. The predicted octanol–water partition coefficient (Wildman–Crippen LogP) is 2.87. The van der Waals surface area contributed by atoms with Crippen LogP contribution in [0, 0.1) is 0 Å². The SMILES string of the molecule is Cn1cc(C(=O)/C=C/C=C\c2ccccc2)cn1. The van der Waals surface area contributed by atoms with Crippen LogP contribution in [-0.2, 0) is 7.05 Å². The molecule has 0 atom stereocenters. The van der Waals surface area contributed by atoms with Crippen LogP contribution in [0.15, 0.2) is 61.0 Å². The summed E-state index contributed by atoms with van der Waals surface area (Å²) in [5, 5.41) is 3.96. The molecule has 0 aliphatic rings. The van der Waals surface area contributed by atoms with E-state index in [1.54, 1.807) is 30.2 Å². The van der Waals surface area contributed by atoms with Crippen molar-refractivity contribution in [3.63, 3.8) is 0 Å². The van der Waals surface area contributed by atoms with E-state index >= 15 is 0 Å². The lowest BCUT2D eigenvalue weighted by Crippen LogP contribution is -1.91. The number of hydrogen-bond donors (Lipinski definition) is 0. The second-order valence-corrected chi connectivity index (χ2v) is 3.90. The molecule has 0 amide bonds. The maximum atomic E-state index is 11.7. The summed E-state index contributed by atoms with van der Waals surface area (Å²) in [6, 6.07) is 9.94. The van der Waals surface area contributed by atoms with Gasteiger partial charge in [0.15, 0.2) is 5.78 Å². The van der Waals surface area contributed by atoms with Gasteiger partial charge < -0.3 is 0 Å². The largest absolute Gasteiger partial charge is 0.289 e. The summed E-state index contributed by atoms with van der Waals surface area (Å²) in [6.07, 6.45) is 10.3. The van der Waals surface area contributed by atoms with Gasteiger partial charge in [-0.2, -0.15) is 5.10 Å². The van der Waals surface area contributed by atoms with E-state index in [0.29, 0.717) is 5.56 Å². The van der Waals surface area contributed by atoms with Crippen molar-refractivity contribution >= 4 is 11.9 Å². The van der Waals surface area contributed by atoms with Crippen molar-refractivity contribution in [3.8, 4) is 0 Å². The number of rotatable bonds is 4. The average Bonchev–Trinajstić information content (AvgIpc) is 2.82. The zero-order valence-electron chi connectivity index (χ0n) is 10.2. The second kappa shape index (κ2) is 5.77. The Bertz CT molecular complexity index is 580. The third kappa shape index (κ3) is 3.28. The standard InChI is InChI=1S/C15H14N2O/c1-17-12-14(11-16-17)15(18)10-6-5-9-13-7-3-2-4-8-13/h2-12H,1H3/b9-5-,10-6+. The number of benzene rings is 1. The highest BCUT2D eigenvalue weighted by atomic mass is 16.1.